The third-order valence-electron chi connectivity index (χ3n) is 2.57. The molecule has 0 amide bonds. The fourth-order valence-electron chi connectivity index (χ4n) is 1.68. The summed E-state index contributed by atoms with van der Waals surface area (Å²) in [7, 11) is 1.26. The monoisotopic (exact) mass is 231 g/mol. The Labute approximate surface area is 98.9 Å². The molecule has 0 aliphatic heterocycles. The number of aliphatic hydroxyl groups is 1. The van der Waals surface area contributed by atoms with Gasteiger partial charge < -0.3 is 9.84 Å². The lowest BCUT2D eigenvalue weighted by Gasteiger charge is -2.08. The molecule has 2 aromatic rings. The van der Waals surface area contributed by atoms with E-state index < -0.39 is 12.1 Å². The van der Waals surface area contributed by atoms with Crippen molar-refractivity contribution >= 4 is 16.9 Å². The first kappa shape index (κ1) is 11.5. The highest BCUT2D eigenvalue weighted by atomic mass is 16.5. The van der Waals surface area contributed by atoms with Crippen LogP contribution in [0.5, 0.6) is 0 Å². The van der Waals surface area contributed by atoms with Gasteiger partial charge in [-0.2, -0.15) is 0 Å². The van der Waals surface area contributed by atoms with Crippen LogP contribution in [-0.4, -0.2) is 29.3 Å². The molecule has 0 aliphatic rings. The van der Waals surface area contributed by atoms with Gasteiger partial charge in [-0.3, -0.25) is 4.98 Å². The summed E-state index contributed by atoms with van der Waals surface area (Å²) >= 11 is 0. The largest absolute Gasteiger partial charge is 0.467 e. The number of hydrogen-bond donors (Lipinski definition) is 1. The predicted molar refractivity (Wildman–Crippen MR) is 63.5 cm³/mol. The number of ether oxygens (including phenoxy) is 1. The van der Waals surface area contributed by atoms with Crippen molar-refractivity contribution in [3.8, 4) is 0 Å². The maximum Gasteiger partial charge on any atom is 0.335 e. The van der Waals surface area contributed by atoms with Crippen LogP contribution in [0, 0.1) is 0 Å². The Kier molecular flexibility index (Phi) is 3.35. The first-order valence-corrected chi connectivity index (χ1v) is 5.30. The van der Waals surface area contributed by atoms with Crippen LogP contribution in [0.15, 0.2) is 36.5 Å². The van der Waals surface area contributed by atoms with Gasteiger partial charge in [0.05, 0.1) is 12.6 Å². The highest BCUT2D eigenvalue weighted by Gasteiger charge is 2.15. The molecule has 1 aromatic carbocycles. The predicted octanol–water partition coefficient (Wildman–Crippen LogP) is 1.31. The van der Waals surface area contributed by atoms with E-state index in [4.69, 9.17) is 0 Å². The molecule has 0 fully saturated rings. The number of hydrogen-bond acceptors (Lipinski definition) is 4. The summed E-state index contributed by atoms with van der Waals surface area (Å²) in [5, 5.41) is 10.6. The highest BCUT2D eigenvalue weighted by molar-refractivity contribution is 5.79. The zero-order valence-electron chi connectivity index (χ0n) is 9.46. The third-order valence-corrected chi connectivity index (χ3v) is 2.57. The van der Waals surface area contributed by atoms with Crippen molar-refractivity contribution in [3.63, 3.8) is 0 Å². The van der Waals surface area contributed by atoms with Gasteiger partial charge in [0, 0.05) is 18.0 Å². The normalized spacial score (nSPS) is 12.4. The average molecular weight is 231 g/mol. The van der Waals surface area contributed by atoms with Crippen LogP contribution in [0.1, 0.15) is 5.56 Å². The van der Waals surface area contributed by atoms with Gasteiger partial charge >= 0.3 is 5.97 Å². The highest BCUT2D eigenvalue weighted by Crippen LogP contribution is 2.14. The summed E-state index contributed by atoms with van der Waals surface area (Å²) in [6, 6.07) is 9.48. The Morgan fingerprint density at radius 2 is 2.29 bits per heavy atom. The Balaban J connectivity index is 2.22. The van der Waals surface area contributed by atoms with Gasteiger partial charge in [0.25, 0.3) is 0 Å². The van der Waals surface area contributed by atoms with Crippen molar-refractivity contribution in [2.75, 3.05) is 7.11 Å². The summed E-state index contributed by atoms with van der Waals surface area (Å²) in [5.74, 6) is -0.619. The van der Waals surface area contributed by atoms with Crippen molar-refractivity contribution < 1.29 is 14.6 Å². The van der Waals surface area contributed by atoms with Crippen LogP contribution < -0.4 is 0 Å². The van der Waals surface area contributed by atoms with Crippen molar-refractivity contribution in [2.24, 2.45) is 0 Å². The molecule has 1 heterocycles. The van der Waals surface area contributed by atoms with Crippen LogP contribution in [0.25, 0.3) is 10.9 Å². The maximum absolute atomic E-state index is 11.1. The number of carbonyl (C=O) groups is 1. The van der Waals surface area contributed by atoms with Gasteiger partial charge in [-0.15, -0.1) is 0 Å². The molecular formula is C13H13NO3. The number of esters is 1. The number of aliphatic hydroxyl groups excluding tert-OH is 1. The van der Waals surface area contributed by atoms with Crippen molar-refractivity contribution in [1.82, 2.24) is 4.98 Å². The fourth-order valence-corrected chi connectivity index (χ4v) is 1.68. The summed E-state index contributed by atoms with van der Waals surface area (Å²) in [4.78, 5) is 15.3. The minimum Gasteiger partial charge on any atom is -0.467 e. The lowest BCUT2D eigenvalue weighted by atomic mass is 10.1. The molecule has 0 bridgehead atoms. The van der Waals surface area contributed by atoms with E-state index in [0.29, 0.717) is 0 Å². The average Bonchev–Trinajstić information content (AvgIpc) is 2.37. The number of carbonyl (C=O) groups excluding carboxylic acids is 1. The van der Waals surface area contributed by atoms with Gasteiger partial charge in [0.1, 0.15) is 0 Å². The van der Waals surface area contributed by atoms with Crippen LogP contribution in [0.2, 0.25) is 0 Å². The van der Waals surface area contributed by atoms with Crippen LogP contribution in [0.4, 0.5) is 0 Å². The smallest absolute Gasteiger partial charge is 0.335 e. The molecule has 1 atom stereocenters. The lowest BCUT2D eigenvalue weighted by Crippen LogP contribution is -2.24. The minimum absolute atomic E-state index is 0.235. The topological polar surface area (TPSA) is 59.4 Å². The van der Waals surface area contributed by atoms with Crippen LogP contribution >= 0.6 is 0 Å². The summed E-state index contributed by atoms with van der Waals surface area (Å²) < 4.78 is 4.47. The molecule has 17 heavy (non-hydrogen) atoms. The van der Waals surface area contributed by atoms with E-state index in [-0.39, 0.29) is 6.42 Å². The molecule has 2 rings (SSSR count). The van der Waals surface area contributed by atoms with Gasteiger partial charge in [-0.05, 0) is 17.7 Å². The summed E-state index contributed by atoms with van der Waals surface area (Å²) in [6.07, 6.45) is 0.823. The Morgan fingerprint density at radius 1 is 1.47 bits per heavy atom. The van der Waals surface area contributed by atoms with E-state index >= 15 is 0 Å². The van der Waals surface area contributed by atoms with E-state index in [0.717, 1.165) is 16.5 Å². The number of fused-ring (bicyclic) bond motifs is 1. The van der Waals surface area contributed by atoms with E-state index in [9.17, 15) is 9.90 Å². The van der Waals surface area contributed by atoms with E-state index in [1.54, 1.807) is 6.20 Å². The van der Waals surface area contributed by atoms with Crippen molar-refractivity contribution in [2.45, 2.75) is 12.5 Å². The molecule has 4 nitrogen and oxygen atoms in total. The molecule has 88 valence electrons. The second-order valence-corrected chi connectivity index (χ2v) is 3.77. The zero-order valence-corrected chi connectivity index (χ0v) is 9.46. The first-order valence-electron chi connectivity index (χ1n) is 5.30. The van der Waals surface area contributed by atoms with Crippen LogP contribution in [0.3, 0.4) is 0 Å². The molecule has 4 heteroatoms. The second-order valence-electron chi connectivity index (χ2n) is 3.77. The molecule has 0 saturated heterocycles. The molecule has 0 spiro atoms. The standard InChI is InChI=1S/C13H13NO3/c1-17-13(16)12(15)8-9-4-5-10-3-2-6-14-11(10)7-9/h2-7,12,15H,8H2,1H3. The molecule has 1 N–H and O–H groups in total. The number of benzene rings is 1. The quantitative estimate of drug-likeness (QED) is 0.809. The molecule has 1 unspecified atom stereocenters. The van der Waals surface area contributed by atoms with Gasteiger partial charge in [0.2, 0.25) is 0 Å². The zero-order chi connectivity index (χ0) is 12.3. The fraction of sp³-hybridized carbons (Fsp3) is 0.231. The third kappa shape index (κ3) is 2.60. The SMILES string of the molecule is COC(=O)C(O)Cc1ccc2cccnc2c1. The Morgan fingerprint density at radius 3 is 3.06 bits per heavy atom. The lowest BCUT2D eigenvalue weighted by molar-refractivity contribution is -0.150. The van der Waals surface area contributed by atoms with Gasteiger partial charge in [0.15, 0.2) is 6.10 Å². The number of nitrogens with zero attached hydrogens (tertiary/aromatic N) is 1. The number of rotatable bonds is 3. The first-order chi connectivity index (χ1) is 8.20. The van der Waals surface area contributed by atoms with E-state index in [1.165, 1.54) is 7.11 Å². The van der Waals surface area contributed by atoms with E-state index in [1.807, 2.05) is 30.3 Å². The Hall–Kier alpha value is -1.94. The Bertz CT molecular complexity index is 539. The van der Waals surface area contributed by atoms with Gasteiger partial charge in [-0.1, -0.05) is 18.2 Å². The van der Waals surface area contributed by atoms with Crippen molar-refractivity contribution in [1.29, 1.82) is 0 Å². The minimum atomic E-state index is -1.12. The van der Waals surface area contributed by atoms with Gasteiger partial charge in [-0.25, -0.2) is 4.79 Å². The summed E-state index contributed by atoms with van der Waals surface area (Å²) in [5.41, 5.74) is 1.70. The molecule has 0 aliphatic carbocycles. The number of aromatic nitrogens is 1. The second kappa shape index (κ2) is 4.93. The maximum atomic E-state index is 11.1. The van der Waals surface area contributed by atoms with E-state index in [2.05, 4.69) is 9.72 Å². The molecule has 1 aromatic heterocycles. The number of methoxy groups -OCH3 is 1. The number of pyridine rings is 1. The summed E-state index contributed by atoms with van der Waals surface area (Å²) in [6.45, 7) is 0. The molecule has 0 saturated carbocycles. The van der Waals surface area contributed by atoms with Crippen LogP contribution in [-0.2, 0) is 16.0 Å². The van der Waals surface area contributed by atoms with Crippen molar-refractivity contribution in [3.05, 3.63) is 42.1 Å². The molecular weight excluding hydrogens is 218 g/mol. The molecule has 0 radical (unpaired) electrons.